The first-order chi connectivity index (χ1) is 6.11. The number of hydrogen-bond acceptors (Lipinski definition) is 2. The molecule has 1 atom stereocenters. The van der Waals surface area contributed by atoms with Crippen molar-refractivity contribution in [2.45, 2.75) is 19.3 Å². The average molecular weight is 184 g/mol. The number of hydrogen-bond donors (Lipinski definition) is 0. The summed E-state index contributed by atoms with van der Waals surface area (Å²) in [4.78, 5) is 15.5. The van der Waals surface area contributed by atoms with Gasteiger partial charge in [-0.15, -0.1) is 0 Å². The van der Waals surface area contributed by atoms with E-state index in [0.29, 0.717) is 11.8 Å². The summed E-state index contributed by atoms with van der Waals surface area (Å²) in [5.74, 6) is 0.656. The highest BCUT2D eigenvalue weighted by molar-refractivity contribution is 5.80. The van der Waals surface area contributed by atoms with Gasteiger partial charge >= 0.3 is 0 Å². The smallest absolute Gasteiger partial charge is 0.225 e. The zero-order chi connectivity index (χ0) is 9.84. The van der Waals surface area contributed by atoms with Crippen LogP contribution in [-0.2, 0) is 4.79 Å². The van der Waals surface area contributed by atoms with Crippen molar-refractivity contribution in [3.05, 3.63) is 0 Å². The molecule has 0 bridgehead atoms. The number of likely N-dealkylation sites (tertiary alicyclic amines) is 1. The van der Waals surface area contributed by atoms with Crippen LogP contribution in [0.15, 0.2) is 0 Å². The van der Waals surface area contributed by atoms with Crippen LogP contribution in [0.3, 0.4) is 0 Å². The van der Waals surface area contributed by atoms with Crippen LogP contribution in [0.2, 0.25) is 0 Å². The Labute approximate surface area is 80.7 Å². The Morgan fingerprint density at radius 3 is 2.69 bits per heavy atom. The summed E-state index contributed by atoms with van der Waals surface area (Å²) >= 11 is 0. The highest BCUT2D eigenvalue weighted by Crippen LogP contribution is 2.20. The van der Waals surface area contributed by atoms with Crippen LogP contribution in [0, 0.1) is 5.92 Å². The lowest BCUT2D eigenvalue weighted by molar-refractivity contribution is -0.130. The molecule has 1 fully saturated rings. The zero-order valence-electron chi connectivity index (χ0n) is 8.92. The summed E-state index contributed by atoms with van der Waals surface area (Å²) in [6.07, 6.45) is 3.25. The first-order valence-corrected chi connectivity index (χ1v) is 5.01. The molecule has 0 aliphatic carbocycles. The molecule has 76 valence electrons. The maximum atomic E-state index is 11.5. The largest absolute Gasteiger partial charge is 0.345 e. The van der Waals surface area contributed by atoms with Crippen LogP contribution in [0.1, 0.15) is 19.3 Å². The molecule has 1 amide bonds. The maximum Gasteiger partial charge on any atom is 0.225 e. The van der Waals surface area contributed by atoms with Gasteiger partial charge in [0.1, 0.15) is 0 Å². The third-order valence-corrected chi connectivity index (χ3v) is 2.70. The second kappa shape index (κ2) is 4.61. The predicted molar refractivity (Wildman–Crippen MR) is 53.5 cm³/mol. The minimum atomic E-state index is 0.310. The van der Waals surface area contributed by atoms with E-state index in [-0.39, 0.29) is 0 Å². The van der Waals surface area contributed by atoms with E-state index in [2.05, 4.69) is 19.0 Å². The lowest BCUT2D eigenvalue weighted by atomic mass is 10.0. The van der Waals surface area contributed by atoms with Crippen LogP contribution in [0.4, 0.5) is 0 Å². The predicted octanol–water partition coefficient (Wildman–Crippen LogP) is 0.806. The van der Waals surface area contributed by atoms with Gasteiger partial charge in [-0.2, -0.15) is 0 Å². The van der Waals surface area contributed by atoms with Gasteiger partial charge in [0, 0.05) is 19.5 Å². The van der Waals surface area contributed by atoms with Crippen LogP contribution < -0.4 is 0 Å². The van der Waals surface area contributed by atoms with Gasteiger partial charge in [-0.3, -0.25) is 4.79 Å². The van der Waals surface area contributed by atoms with Crippen LogP contribution in [-0.4, -0.2) is 49.9 Å². The molecule has 1 unspecified atom stereocenters. The molecule has 0 saturated carbocycles. The first kappa shape index (κ1) is 10.5. The second-order valence-electron chi connectivity index (χ2n) is 4.19. The minimum Gasteiger partial charge on any atom is -0.345 e. The van der Waals surface area contributed by atoms with E-state index < -0.39 is 0 Å². The van der Waals surface area contributed by atoms with Crippen molar-refractivity contribution in [2.24, 2.45) is 5.92 Å². The normalized spacial score (nSPS) is 23.2. The molecule has 0 spiro atoms. The van der Waals surface area contributed by atoms with Gasteiger partial charge in [0.15, 0.2) is 0 Å². The van der Waals surface area contributed by atoms with Gasteiger partial charge in [-0.1, -0.05) is 0 Å². The van der Waals surface area contributed by atoms with Gasteiger partial charge in [-0.05, 0) is 39.9 Å². The maximum absolute atomic E-state index is 11.5. The summed E-state index contributed by atoms with van der Waals surface area (Å²) < 4.78 is 0. The molecule has 0 N–H and O–H groups in total. The van der Waals surface area contributed by atoms with E-state index in [9.17, 15) is 4.79 Å². The fraction of sp³-hybridized carbons (Fsp3) is 0.900. The van der Waals surface area contributed by atoms with E-state index in [1.54, 1.807) is 0 Å². The topological polar surface area (TPSA) is 23.6 Å². The number of carbonyl (C=O) groups excluding carboxylic acids is 1. The van der Waals surface area contributed by atoms with Crippen molar-refractivity contribution in [1.82, 2.24) is 9.80 Å². The summed E-state index contributed by atoms with van der Waals surface area (Å²) in [7, 11) is 6.04. The molecule has 1 saturated heterocycles. The zero-order valence-corrected chi connectivity index (χ0v) is 8.92. The Balaban J connectivity index is 2.19. The minimum absolute atomic E-state index is 0.310. The van der Waals surface area contributed by atoms with Crippen LogP contribution >= 0.6 is 0 Å². The van der Waals surface area contributed by atoms with Crippen molar-refractivity contribution in [2.75, 3.05) is 34.2 Å². The quantitative estimate of drug-likeness (QED) is 0.645. The highest BCUT2D eigenvalue weighted by Gasteiger charge is 2.27. The Hall–Kier alpha value is -0.570. The van der Waals surface area contributed by atoms with Crippen LogP contribution in [0.25, 0.3) is 0 Å². The number of amides is 1. The molecule has 0 aromatic carbocycles. The van der Waals surface area contributed by atoms with Gasteiger partial charge in [0.2, 0.25) is 5.91 Å². The summed E-state index contributed by atoms with van der Waals surface area (Å²) in [6.45, 7) is 2.04. The third-order valence-electron chi connectivity index (χ3n) is 2.70. The molecule has 3 nitrogen and oxygen atoms in total. The summed E-state index contributed by atoms with van der Waals surface area (Å²) in [5.41, 5.74) is 0. The van der Waals surface area contributed by atoms with Crippen LogP contribution in [0.5, 0.6) is 0 Å². The van der Waals surface area contributed by atoms with E-state index in [0.717, 1.165) is 32.4 Å². The van der Waals surface area contributed by atoms with Crippen molar-refractivity contribution in [1.29, 1.82) is 0 Å². The summed E-state index contributed by atoms with van der Waals surface area (Å²) in [5, 5.41) is 0. The Morgan fingerprint density at radius 1 is 1.54 bits per heavy atom. The van der Waals surface area contributed by atoms with Gasteiger partial charge in [-0.25, -0.2) is 0 Å². The Morgan fingerprint density at radius 2 is 2.23 bits per heavy atom. The van der Waals surface area contributed by atoms with E-state index in [4.69, 9.17) is 0 Å². The van der Waals surface area contributed by atoms with Crippen molar-refractivity contribution in [3.8, 4) is 0 Å². The van der Waals surface area contributed by atoms with E-state index in [1.807, 2.05) is 11.9 Å². The number of rotatable bonds is 4. The molecule has 1 heterocycles. The summed E-state index contributed by atoms with van der Waals surface area (Å²) in [6, 6.07) is 0. The van der Waals surface area contributed by atoms with Crippen molar-refractivity contribution in [3.63, 3.8) is 0 Å². The fourth-order valence-electron chi connectivity index (χ4n) is 1.82. The third kappa shape index (κ3) is 2.99. The number of carbonyl (C=O) groups is 1. The molecular weight excluding hydrogens is 164 g/mol. The first-order valence-electron chi connectivity index (χ1n) is 5.01. The molecule has 0 aromatic heterocycles. The SMILES string of the molecule is CN(C)CCCC1CCN(C)C1=O. The van der Waals surface area contributed by atoms with E-state index >= 15 is 0 Å². The molecule has 1 rings (SSSR count). The molecule has 13 heavy (non-hydrogen) atoms. The molecule has 1 aliphatic heterocycles. The average Bonchev–Trinajstić information content (AvgIpc) is 2.35. The molecule has 0 radical (unpaired) electrons. The monoisotopic (exact) mass is 184 g/mol. The lowest BCUT2D eigenvalue weighted by Gasteiger charge is -2.12. The fourth-order valence-corrected chi connectivity index (χ4v) is 1.82. The standard InChI is InChI=1S/C10H20N2O/c1-11(2)7-4-5-9-6-8-12(3)10(9)13/h9H,4-8H2,1-3H3. The lowest BCUT2D eigenvalue weighted by Crippen LogP contribution is -2.23. The van der Waals surface area contributed by atoms with E-state index in [1.165, 1.54) is 0 Å². The molecule has 1 aliphatic rings. The second-order valence-corrected chi connectivity index (χ2v) is 4.19. The van der Waals surface area contributed by atoms with Gasteiger partial charge < -0.3 is 9.80 Å². The Bertz CT molecular complexity index is 180. The van der Waals surface area contributed by atoms with Crippen molar-refractivity contribution >= 4 is 5.91 Å². The molecule has 3 heteroatoms. The van der Waals surface area contributed by atoms with Gasteiger partial charge in [0.25, 0.3) is 0 Å². The molecular formula is C10H20N2O. The number of nitrogens with zero attached hydrogens (tertiary/aromatic N) is 2. The van der Waals surface area contributed by atoms with Gasteiger partial charge in [0.05, 0.1) is 0 Å². The highest BCUT2D eigenvalue weighted by atomic mass is 16.2. The van der Waals surface area contributed by atoms with Crippen molar-refractivity contribution < 1.29 is 4.79 Å². The molecule has 0 aromatic rings. The Kier molecular flexibility index (Phi) is 3.72.